The fraction of sp³-hybridized carbons (Fsp3) is 0. The molecule has 0 aliphatic rings. The van der Waals surface area contributed by atoms with Crippen LogP contribution in [0.2, 0.25) is 0 Å². The van der Waals surface area contributed by atoms with E-state index >= 15 is 0 Å². The quantitative estimate of drug-likeness (QED) is 0.692. The second kappa shape index (κ2) is 9.27. The molecular formula is C12H12Ta. The molecule has 0 nitrogen and oxygen atoms in total. The fourth-order valence-electron chi connectivity index (χ4n) is 0.770. The third kappa shape index (κ3) is 7.54. The van der Waals surface area contributed by atoms with Gasteiger partial charge in [-0.05, 0) is 0 Å². The van der Waals surface area contributed by atoms with Crippen molar-refractivity contribution < 1.29 is 22.4 Å². The first kappa shape index (κ1) is 12.2. The molecule has 0 saturated carbocycles. The minimum Gasteiger partial charge on any atom is -0.0623 e. The van der Waals surface area contributed by atoms with E-state index in [1.807, 2.05) is 72.8 Å². The molecule has 13 heavy (non-hydrogen) atoms. The zero-order valence-electron chi connectivity index (χ0n) is 7.38. The van der Waals surface area contributed by atoms with Crippen molar-refractivity contribution in [2.75, 3.05) is 0 Å². The zero-order chi connectivity index (χ0) is 8.49. The van der Waals surface area contributed by atoms with Gasteiger partial charge in [0.25, 0.3) is 0 Å². The van der Waals surface area contributed by atoms with Gasteiger partial charge in [0.1, 0.15) is 0 Å². The standard InChI is InChI=1S/2C6H6.Ta/c2*1-2-4-6-5-3-1;/h2*1-6H;. The Morgan fingerprint density at radius 1 is 0.231 bits per heavy atom. The smallest absolute Gasteiger partial charge is 0 e. The fourth-order valence-corrected chi connectivity index (χ4v) is 0.770. The normalized spacial score (nSPS) is 7.38. The van der Waals surface area contributed by atoms with Crippen molar-refractivity contribution >= 4 is 0 Å². The molecule has 0 N–H and O–H groups in total. The number of hydrogen-bond donors (Lipinski definition) is 0. The number of hydrogen-bond acceptors (Lipinski definition) is 0. The van der Waals surface area contributed by atoms with Gasteiger partial charge in [0, 0.05) is 22.4 Å². The molecule has 0 aliphatic carbocycles. The molecule has 0 heterocycles. The molecule has 0 spiro atoms. The predicted molar refractivity (Wildman–Crippen MR) is 52.9 cm³/mol. The maximum Gasteiger partial charge on any atom is 0 e. The van der Waals surface area contributed by atoms with Gasteiger partial charge >= 0.3 is 0 Å². The van der Waals surface area contributed by atoms with Crippen molar-refractivity contribution in [3.05, 3.63) is 72.8 Å². The maximum atomic E-state index is 2.00. The van der Waals surface area contributed by atoms with E-state index in [-0.39, 0.29) is 22.4 Å². The topological polar surface area (TPSA) is 0 Å². The van der Waals surface area contributed by atoms with E-state index in [2.05, 4.69) is 0 Å². The van der Waals surface area contributed by atoms with Crippen LogP contribution in [0, 0.1) is 0 Å². The van der Waals surface area contributed by atoms with Crippen LogP contribution in [0.4, 0.5) is 0 Å². The third-order valence-electron chi connectivity index (χ3n) is 1.33. The van der Waals surface area contributed by atoms with Gasteiger partial charge in [-0.15, -0.1) is 0 Å². The van der Waals surface area contributed by atoms with E-state index in [0.29, 0.717) is 0 Å². The average molecular weight is 337 g/mol. The molecule has 0 aromatic heterocycles. The summed E-state index contributed by atoms with van der Waals surface area (Å²) in [6.07, 6.45) is 0. The molecule has 2 aromatic rings. The molecule has 0 fully saturated rings. The van der Waals surface area contributed by atoms with Gasteiger partial charge in [0.15, 0.2) is 0 Å². The summed E-state index contributed by atoms with van der Waals surface area (Å²) in [6, 6.07) is 24.0. The monoisotopic (exact) mass is 337 g/mol. The van der Waals surface area contributed by atoms with Crippen LogP contribution >= 0.6 is 0 Å². The van der Waals surface area contributed by atoms with Crippen LogP contribution in [0.3, 0.4) is 0 Å². The van der Waals surface area contributed by atoms with Gasteiger partial charge < -0.3 is 0 Å². The van der Waals surface area contributed by atoms with Crippen LogP contribution in [0.5, 0.6) is 0 Å². The minimum atomic E-state index is 0. The molecule has 0 amide bonds. The zero-order valence-corrected chi connectivity index (χ0v) is 10.6. The van der Waals surface area contributed by atoms with Crippen molar-refractivity contribution in [1.29, 1.82) is 0 Å². The van der Waals surface area contributed by atoms with Crippen molar-refractivity contribution in [3.63, 3.8) is 0 Å². The minimum absolute atomic E-state index is 0. The third-order valence-corrected chi connectivity index (χ3v) is 1.33. The molecule has 1 heteroatoms. The Morgan fingerprint density at radius 3 is 0.385 bits per heavy atom. The number of rotatable bonds is 0. The molecule has 0 unspecified atom stereocenters. The Kier molecular flexibility index (Phi) is 8.69. The second-order valence-electron chi connectivity index (χ2n) is 2.31. The molecule has 65 valence electrons. The van der Waals surface area contributed by atoms with Crippen LogP contribution in [-0.4, -0.2) is 0 Å². The van der Waals surface area contributed by atoms with Crippen molar-refractivity contribution in [1.82, 2.24) is 0 Å². The van der Waals surface area contributed by atoms with Gasteiger partial charge in [0.05, 0.1) is 0 Å². The summed E-state index contributed by atoms with van der Waals surface area (Å²) in [5.41, 5.74) is 0. The largest absolute Gasteiger partial charge is 0.0623 e. The van der Waals surface area contributed by atoms with Crippen LogP contribution in [0.25, 0.3) is 0 Å². The van der Waals surface area contributed by atoms with Gasteiger partial charge in [-0.2, -0.15) is 0 Å². The summed E-state index contributed by atoms with van der Waals surface area (Å²) < 4.78 is 0. The molecule has 1 radical (unpaired) electrons. The van der Waals surface area contributed by atoms with E-state index in [0.717, 1.165) is 0 Å². The van der Waals surface area contributed by atoms with E-state index in [1.54, 1.807) is 0 Å². The molecule has 2 aromatic carbocycles. The molecule has 0 saturated heterocycles. The maximum absolute atomic E-state index is 2.00. The Labute approximate surface area is 95.1 Å². The first-order valence-electron chi connectivity index (χ1n) is 4.00. The predicted octanol–water partition coefficient (Wildman–Crippen LogP) is 3.37. The van der Waals surface area contributed by atoms with Crippen molar-refractivity contribution in [2.24, 2.45) is 0 Å². The number of benzene rings is 2. The van der Waals surface area contributed by atoms with E-state index < -0.39 is 0 Å². The summed E-state index contributed by atoms with van der Waals surface area (Å²) in [5, 5.41) is 0. The second-order valence-corrected chi connectivity index (χ2v) is 2.31. The van der Waals surface area contributed by atoms with Crippen molar-refractivity contribution in [3.8, 4) is 0 Å². The first-order valence-corrected chi connectivity index (χ1v) is 4.00. The Hall–Kier alpha value is -0.820. The summed E-state index contributed by atoms with van der Waals surface area (Å²) in [5.74, 6) is 0. The van der Waals surface area contributed by atoms with Gasteiger partial charge in [-0.25, -0.2) is 0 Å². The molecular weight excluding hydrogens is 325 g/mol. The molecule has 0 bridgehead atoms. The first-order chi connectivity index (χ1) is 6.00. The van der Waals surface area contributed by atoms with Gasteiger partial charge in [-0.1, -0.05) is 72.8 Å². The van der Waals surface area contributed by atoms with Crippen molar-refractivity contribution in [2.45, 2.75) is 0 Å². The van der Waals surface area contributed by atoms with E-state index in [4.69, 9.17) is 0 Å². The molecule has 0 atom stereocenters. The average Bonchev–Trinajstić information content (AvgIpc) is 2.24. The van der Waals surface area contributed by atoms with Crippen LogP contribution < -0.4 is 0 Å². The summed E-state index contributed by atoms with van der Waals surface area (Å²) >= 11 is 0. The molecule has 0 aliphatic heterocycles. The Balaban J connectivity index is 0.000000206. The van der Waals surface area contributed by atoms with Crippen LogP contribution in [0.1, 0.15) is 0 Å². The summed E-state index contributed by atoms with van der Waals surface area (Å²) in [6.45, 7) is 0. The summed E-state index contributed by atoms with van der Waals surface area (Å²) in [7, 11) is 0. The molecule has 2 rings (SSSR count). The Morgan fingerprint density at radius 2 is 0.308 bits per heavy atom. The van der Waals surface area contributed by atoms with Crippen LogP contribution in [-0.2, 0) is 22.4 Å². The summed E-state index contributed by atoms with van der Waals surface area (Å²) in [4.78, 5) is 0. The Bertz CT molecular complexity index is 181. The van der Waals surface area contributed by atoms with E-state index in [1.165, 1.54) is 0 Å². The van der Waals surface area contributed by atoms with E-state index in [9.17, 15) is 0 Å². The van der Waals surface area contributed by atoms with Gasteiger partial charge in [-0.3, -0.25) is 0 Å². The SMILES string of the molecule is [Ta].c1ccccc1.c1ccccc1. The van der Waals surface area contributed by atoms with Crippen LogP contribution in [0.15, 0.2) is 72.8 Å². The van der Waals surface area contributed by atoms with Gasteiger partial charge in [0.2, 0.25) is 0 Å².